The number of carboxylic acid groups (broad SMARTS) is 1. The highest BCUT2D eigenvalue weighted by atomic mass is 16.5. The van der Waals surface area contributed by atoms with E-state index in [1.165, 1.54) is 64.2 Å². The molecule has 0 saturated carbocycles. The minimum absolute atomic E-state index is 0.00474. The van der Waals surface area contributed by atoms with E-state index in [-0.39, 0.29) is 12.4 Å². The fourth-order valence-corrected chi connectivity index (χ4v) is 3.49. The van der Waals surface area contributed by atoms with Crippen LogP contribution < -0.4 is 0 Å². The maximum atomic E-state index is 11.6. The summed E-state index contributed by atoms with van der Waals surface area (Å²) in [5, 5.41) is 9.26. The van der Waals surface area contributed by atoms with Crippen LogP contribution >= 0.6 is 0 Å². The number of hydrogen-bond acceptors (Lipinski definition) is 3. The highest BCUT2D eigenvalue weighted by Crippen LogP contribution is 2.17. The molecule has 0 radical (unpaired) electrons. The van der Waals surface area contributed by atoms with E-state index in [1.807, 2.05) is 6.92 Å². The Morgan fingerprint density at radius 3 is 1.79 bits per heavy atom. The van der Waals surface area contributed by atoms with E-state index in [9.17, 15) is 14.7 Å². The molecule has 0 aromatic carbocycles. The van der Waals surface area contributed by atoms with Gasteiger partial charge in [-0.1, -0.05) is 96.6 Å². The van der Waals surface area contributed by atoms with Crippen molar-refractivity contribution in [2.24, 2.45) is 5.92 Å². The van der Waals surface area contributed by atoms with Crippen LogP contribution in [-0.4, -0.2) is 23.7 Å². The molecule has 0 aliphatic carbocycles. The summed E-state index contributed by atoms with van der Waals surface area (Å²) in [6, 6.07) is 0. The average molecular weight is 411 g/mol. The van der Waals surface area contributed by atoms with Crippen LogP contribution in [0.2, 0.25) is 0 Å². The summed E-state index contributed by atoms with van der Waals surface area (Å²) in [5.41, 5.74) is 0. The van der Waals surface area contributed by atoms with Gasteiger partial charge in [0.25, 0.3) is 0 Å². The van der Waals surface area contributed by atoms with Crippen molar-refractivity contribution in [3.05, 3.63) is 12.2 Å². The second-order valence-electron chi connectivity index (χ2n) is 8.16. The van der Waals surface area contributed by atoms with E-state index in [0.29, 0.717) is 13.0 Å². The number of carbonyl (C=O) groups excluding carboxylic acids is 1. The molecule has 0 heterocycles. The molecule has 1 unspecified atom stereocenters. The summed E-state index contributed by atoms with van der Waals surface area (Å²) in [6.07, 6.45) is 23.4. The molecule has 0 fully saturated rings. The lowest BCUT2D eigenvalue weighted by Crippen LogP contribution is -2.19. The molecule has 0 aromatic heterocycles. The summed E-state index contributed by atoms with van der Waals surface area (Å²) in [4.78, 5) is 22.9. The second-order valence-corrected chi connectivity index (χ2v) is 8.16. The highest BCUT2D eigenvalue weighted by Gasteiger charge is 2.21. The third kappa shape index (κ3) is 19.8. The Labute approximate surface area is 179 Å². The van der Waals surface area contributed by atoms with Gasteiger partial charge in [-0.15, -0.1) is 0 Å². The van der Waals surface area contributed by atoms with Crippen molar-refractivity contribution < 1.29 is 19.4 Å². The SMILES string of the molecule is CC/C=C/CCCCCCCCCCCCCCC(CC(=O)OCCC)C(=O)O. The molecule has 4 nitrogen and oxygen atoms in total. The van der Waals surface area contributed by atoms with Gasteiger partial charge in [0.1, 0.15) is 0 Å². The molecule has 170 valence electrons. The first-order chi connectivity index (χ1) is 14.1. The van der Waals surface area contributed by atoms with Gasteiger partial charge in [0.05, 0.1) is 18.9 Å². The quantitative estimate of drug-likeness (QED) is 0.121. The Bertz CT molecular complexity index is 417. The summed E-state index contributed by atoms with van der Waals surface area (Å²) < 4.78 is 5.00. The van der Waals surface area contributed by atoms with Crippen LogP contribution in [0, 0.1) is 5.92 Å². The number of unbranched alkanes of at least 4 members (excludes halogenated alkanes) is 12. The summed E-state index contributed by atoms with van der Waals surface area (Å²) in [6.45, 7) is 4.49. The number of aliphatic carboxylic acids is 1. The maximum absolute atomic E-state index is 11.6. The molecule has 1 N–H and O–H groups in total. The lowest BCUT2D eigenvalue weighted by Gasteiger charge is -2.11. The van der Waals surface area contributed by atoms with Crippen molar-refractivity contribution in [3.63, 3.8) is 0 Å². The van der Waals surface area contributed by atoms with E-state index in [0.717, 1.165) is 32.1 Å². The summed E-state index contributed by atoms with van der Waals surface area (Å²) in [7, 11) is 0. The van der Waals surface area contributed by atoms with Crippen molar-refractivity contribution in [3.8, 4) is 0 Å². The Kier molecular flexibility index (Phi) is 20.4. The van der Waals surface area contributed by atoms with Gasteiger partial charge in [-0.3, -0.25) is 9.59 Å². The molecule has 0 amide bonds. The normalized spacial score (nSPS) is 12.3. The lowest BCUT2D eigenvalue weighted by atomic mass is 9.97. The zero-order valence-electron chi connectivity index (χ0n) is 19.1. The van der Waals surface area contributed by atoms with Gasteiger partial charge in [-0.05, 0) is 32.1 Å². The number of carbonyl (C=O) groups is 2. The van der Waals surface area contributed by atoms with E-state index < -0.39 is 11.9 Å². The molecule has 0 saturated heterocycles. The molecule has 0 rings (SSSR count). The Balaban J connectivity index is 3.45. The first-order valence-electron chi connectivity index (χ1n) is 12.1. The molecular weight excluding hydrogens is 364 g/mol. The van der Waals surface area contributed by atoms with Gasteiger partial charge in [0, 0.05) is 0 Å². The van der Waals surface area contributed by atoms with Crippen LogP contribution in [0.1, 0.15) is 123 Å². The Hall–Kier alpha value is -1.32. The molecule has 0 bridgehead atoms. The molecule has 0 spiro atoms. The standard InChI is InChI=1S/C25H46O4/c1-3-5-6-7-8-9-10-11-12-13-14-15-16-17-18-19-20-23(25(27)28)22-24(26)29-21-4-2/h5-6,23H,3-4,7-22H2,1-2H3,(H,27,28)/b6-5+. The number of allylic oxidation sites excluding steroid dienone is 2. The zero-order valence-corrected chi connectivity index (χ0v) is 19.1. The number of ether oxygens (including phenoxy) is 1. The minimum Gasteiger partial charge on any atom is -0.481 e. The van der Waals surface area contributed by atoms with Gasteiger partial charge < -0.3 is 9.84 Å². The van der Waals surface area contributed by atoms with Crippen LogP contribution in [0.15, 0.2) is 12.2 Å². The van der Waals surface area contributed by atoms with E-state index >= 15 is 0 Å². The van der Waals surface area contributed by atoms with Crippen molar-refractivity contribution in [1.29, 1.82) is 0 Å². The predicted molar refractivity (Wildman–Crippen MR) is 121 cm³/mol. The van der Waals surface area contributed by atoms with Crippen molar-refractivity contribution >= 4 is 11.9 Å². The monoisotopic (exact) mass is 410 g/mol. The van der Waals surface area contributed by atoms with Crippen LogP contribution in [0.3, 0.4) is 0 Å². The van der Waals surface area contributed by atoms with Crippen LogP contribution in [0.25, 0.3) is 0 Å². The Morgan fingerprint density at radius 1 is 0.793 bits per heavy atom. The fraction of sp³-hybridized carbons (Fsp3) is 0.840. The molecule has 0 aliphatic heterocycles. The topological polar surface area (TPSA) is 63.6 Å². The van der Waals surface area contributed by atoms with Crippen LogP contribution in [0.5, 0.6) is 0 Å². The van der Waals surface area contributed by atoms with E-state index in [4.69, 9.17) is 4.74 Å². The van der Waals surface area contributed by atoms with Crippen molar-refractivity contribution in [1.82, 2.24) is 0 Å². The molecule has 0 aromatic rings. The smallest absolute Gasteiger partial charge is 0.307 e. The van der Waals surface area contributed by atoms with E-state index in [2.05, 4.69) is 19.1 Å². The third-order valence-corrected chi connectivity index (χ3v) is 5.31. The largest absolute Gasteiger partial charge is 0.481 e. The third-order valence-electron chi connectivity index (χ3n) is 5.31. The first kappa shape index (κ1) is 27.7. The fourth-order valence-electron chi connectivity index (χ4n) is 3.49. The van der Waals surface area contributed by atoms with Gasteiger partial charge in [-0.2, -0.15) is 0 Å². The van der Waals surface area contributed by atoms with E-state index in [1.54, 1.807) is 0 Å². The number of carboxylic acids is 1. The van der Waals surface area contributed by atoms with Crippen molar-refractivity contribution in [2.45, 2.75) is 123 Å². The lowest BCUT2D eigenvalue weighted by molar-refractivity contribution is -0.151. The molecule has 29 heavy (non-hydrogen) atoms. The van der Waals surface area contributed by atoms with Crippen molar-refractivity contribution in [2.75, 3.05) is 6.61 Å². The van der Waals surface area contributed by atoms with Gasteiger partial charge in [0.2, 0.25) is 0 Å². The average Bonchev–Trinajstić information content (AvgIpc) is 2.70. The molecule has 4 heteroatoms. The first-order valence-corrected chi connectivity index (χ1v) is 12.1. The van der Waals surface area contributed by atoms with Crippen LogP contribution in [0.4, 0.5) is 0 Å². The summed E-state index contributed by atoms with van der Waals surface area (Å²) in [5.74, 6) is -1.86. The zero-order chi connectivity index (χ0) is 21.6. The highest BCUT2D eigenvalue weighted by molar-refractivity contribution is 5.78. The number of rotatable bonds is 21. The number of hydrogen-bond donors (Lipinski definition) is 1. The molecule has 0 aliphatic rings. The van der Waals surface area contributed by atoms with Crippen LogP contribution in [-0.2, 0) is 14.3 Å². The Morgan fingerprint density at radius 2 is 1.31 bits per heavy atom. The van der Waals surface area contributed by atoms with Gasteiger partial charge >= 0.3 is 11.9 Å². The number of esters is 1. The summed E-state index contributed by atoms with van der Waals surface area (Å²) >= 11 is 0. The molecular formula is C25H46O4. The second kappa shape index (κ2) is 21.4. The predicted octanol–water partition coefficient (Wildman–Crippen LogP) is 7.46. The van der Waals surface area contributed by atoms with Gasteiger partial charge in [-0.25, -0.2) is 0 Å². The van der Waals surface area contributed by atoms with Gasteiger partial charge in [0.15, 0.2) is 0 Å². The molecule has 1 atom stereocenters. The minimum atomic E-state index is -0.879. The maximum Gasteiger partial charge on any atom is 0.307 e.